The van der Waals surface area contributed by atoms with E-state index in [4.69, 9.17) is 14.5 Å². The maximum absolute atomic E-state index is 13.1. The van der Waals surface area contributed by atoms with Gasteiger partial charge in [-0.05, 0) is 45.2 Å². The highest BCUT2D eigenvalue weighted by Gasteiger charge is 2.35. The zero-order valence-corrected chi connectivity index (χ0v) is 18.8. The number of phenolic OH excluding ortho intramolecular Hbond substituents is 1. The van der Waals surface area contributed by atoms with E-state index in [0.717, 1.165) is 36.1 Å². The van der Waals surface area contributed by atoms with Crippen LogP contribution in [0.1, 0.15) is 61.8 Å². The summed E-state index contributed by atoms with van der Waals surface area (Å²) in [7, 11) is 0. The number of aromatic amines is 1. The molecule has 0 spiro atoms. The molecule has 1 saturated heterocycles. The van der Waals surface area contributed by atoms with Crippen molar-refractivity contribution in [3.63, 3.8) is 0 Å². The van der Waals surface area contributed by atoms with E-state index < -0.39 is 5.60 Å². The van der Waals surface area contributed by atoms with Gasteiger partial charge in [0.15, 0.2) is 12.4 Å². The molecule has 2 aromatic carbocycles. The Morgan fingerprint density at radius 1 is 1.30 bits per heavy atom. The fraction of sp³-hybridized carbons (Fsp3) is 0.400. The number of amides is 1. The van der Waals surface area contributed by atoms with E-state index >= 15 is 0 Å². The van der Waals surface area contributed by atoms with Gasteiger partial charge in [0, 0.05) is 18.7 Å². The number of fused-ring (bicyclic) bond motifs is 2. The summed E-state index contributed by atoms with van der Waals surface area (Å²) in [4.78, 5) is 35.4. The highest BCUT2D eigenvalue weighted by atomic mass is 16.5. The molecule has 0 unspecified atom stereocenters. The van der Waals surface area contributed by atoms with E-state index in [1.54, 1.807) is 6.07 Å². The lowest BCUT2D eigenvalue weighted by molar-refractivity contribution is -0.137. The minimum Gasteiger partial charge on any atom is -0.507 e. The average Bonchev–Trinajstić information content (AvgIpc) is 3.20. The maximum Gasteiger partial charge on any atom is 0.261 e. The second-order valence-electron chi connectivity index (χ2n) is 9.30. The van der Waals surface area contributed by atoms with Crippen molar-refractivity contribution in [3.8, 4) is 17.2 Å². The molecule has 1 atom stereocenters. The van der Waals surface area contributed by atoms with Crippen LogP contribution in [0.3, 0.4) is 0 Å². The van der Waals surface area contributed by atoms with Gasteiger partial charge in [0.2, 0.25) is 0 Å². The monoisotopic (exact) mass is 449 g/mol. The van der Waals surface area contributed by atoms with Crippen LogP contribution >= 0.6 is 0 Å². The summed E-state index contributed by atoms with van der Waals surface area (Å²) in [5.41, 5.74) is 1.32. The number of hydrogen-bond acceptors (Lipinski definition) is 6. The predicted octanol–water partition coefficient (Wildman–Crippen LogP) is 4.14. The van der Waals surface area contributed by atoms with Crippen molar-refractivity contribution in [3.05, 3.63) is 47.8 Å². The number of Topliss-reactive ketones (excluding diaryl/α,β-unsaturated/α-hetero) is 1. The Bertz CT molecular complexity index is 1200. The molecule has 2 aliphatic heterocycles. The number of aromatic hydroxyl groups is 1. The van der Waals surface area contributed by atoms with Crippen molar-refractivity contribution in [1.29, 1.82) is 0 Å². The van der Waals surface area contributed by atoms with Gasteiger partial charge < -0.3 is 24.5 Å². The van der Waals surface area contributed by atoms with Gasteiger partial charge in [0.05, 0.1) is 23.5 Å². The van der Waals surface area contributed by atoms with Crippen molar-refractivity contribution in [1.82, 2.24) is 14.9 Å². The van der Waals surface area contributed by atoms with E-state index in [9.17, 15) is 14.7 Å². The predicted molar refractivity (Wildman–Crippen MR) is 122 cm³/mol. The number of phenols is 1. The van der Waals surface area contributed by atoms with Gasteiger partial charge in [-0.1, -0.05) is 12.1 Å². The molecule has 1 amide bonds. The molecule has 3 aromatic rings. The maximum atomic E-state index is 13.1. The molecule has 0 bridgehead atoms. The second kappa shape index (κ2) is 8.10. The zero-order valence-electron chi connectivity index (χ0n) is 18.8. The number of ether oxygens (including phenoxy) is 2. The summed E-state index contributed by atoms with van der Waals surface area (Å²) >= 11 is 0. The number of para-hydroxylation sites is 2. The van der Waals surface area contributed by atoms with Crippen LogP contribution in [0.5, 0.6) is 17.2 Å². The first-order valence-corrected chi connectivity index (χ1v) is 11.3. The van der Waals surface area contributed by atoms with Gasteiger partial charge in [0.25, 0.3) is 5.91 Å². The first-order chi connectivity index (χ1) is 15.8. The number of ketones is 1. The summed E-state index contributed by atoms with van der Waals surface area (Å²) in [5, 5.41) is 10.4. The number of aromatic nitrogens is 2. The van der Waals surface area contributed by atoms with Crippen LogP contribution < -0.4 is 9.47 Å². The van der Waals surface area contributed by atoms with E-state index in [1.807, 2.05) is 43.0 Å². The van der Waals surface area contributed by atoms with Crippen LogP contribution in [0.25, 0.3) is 11.0 Å². The van der Waals surface area contributed by atoms with Gasteiger partial charge in [-0.3, -0.25) is 9.59 Å². The number of imidazole rings is 1. The molecular weight excluding hydrogens is 422 g/mol. The number of carbonyl (C=O) groups is 2. The molecule has 1 aromatic heterocycles. The van der Waals surface area contributed by atoms with Gasteiger partial charge in [0.1, 0.15) is 34.2 Å². The van der Waals surface area contributed by atoms with Crippen molar-refractivity contribution >= 4 is 22.7 Å². The molecule has 2 aliphatic rings. The molecule has 0 radical (unpaired) electrons. The number of piperidine rings is 1. The summed E-state index contributed by atoms with van der Waals surface area (Å²) in [6.07, 6.45) is 2.96. The van der Waals surface area contributed by atoms with Gasteiger partial charge in [-0.15, -0.1) is 0 Å². The third-order valence-electron chi connectivity index (χ3n) is 6.22. The number of hydrogen-bond donors (Lipinski definition) is 2. The van der Waals surface area contributed by atoms with E-state index in [1.165, 1.54) is 6.07 Å². The summed E-state index contributed by atoms with van der Waals surface area (Å²) in [6.45, 7) is 4.07. The Morgan fingerprint density at radius 3 is 2.94 bits per heavy atom. The number of H-pyrrole nitrogens is 1. The number of nitrogens with zero attached hydrogens (tertiary/aromatic N) is 2. The Balaban J connectivity index is 1.33. The van der Waals surface area contributed by atoms with Crippen LogP contribution in [0, 0.1) is 0 Å². The molecule has 8 nitrogen and oxygen atoms in total. The Labute approximate surface area is 191 Å². The van der Waals surface area contributed by atoms with Gasteiger partial charge >= 0.3 is 0 Å². The summed E-state index contributed by atoms with van der Waals surface area (Å²) in [5.74, 6) is 0.802. The van der Waals surface area contributed by atoms with Crippen molar-refractivity contribution in [2.75, 3.05) is 13.2 Å². The van der Waals surface area contributed by atoms with Crippen LogP contribution in [-0.2, 0) is 4.79 Å². The van der Waals surface area contributed by atoms with E-state index in [-0.39, 0.29) is 53.6 Å². The van der Waals surface area contributed by atoms with Crippen molar-refractivity contribution < 1.29 is 24.2 Å². The van der Waals surface area contributed by atoms with Crippen LogP contribution in [0.15, 0.2) is 36.4 Å². The fourth-order valence-corrected chi connectivity index (χ4v) is 4.70. The molecule has 5 rings (SSSR count). The largest absolute Gasteiger partial charge is 0.507 e. The van der Waals surface area contributed by atoms with Crippen LogP contribution in [0.4, 0.5) is 0 Å². The Morgan fingerprint density at radius 2 is 2.12 bits per heavy atom. The highest BCUT2D eigenvalue weighted by Crippen LogP contribution is 2.41. The van der Waals surface area contributed by atoms with Crippen LogP contribution in [-0.4, -0.2) is 50.4 Å². The number of benzene rings is 2. The van der Waals surface area contributed by atoms with E-state index in [0.29, 0.717) is 6.54 Å². The molecule has 0 saturated carbocycles. The van der Waals surface area contributed by atoms with Crippen molar-refractivity contribution in [2.24, 2.45) is 0 Å². The number of nitrogens with one attached hydrogen (secondary N) is 1. The first-order valence-electron chi connectivity index (χ1n) is 11.3. The SMILES string of the molecule is CC1(C)CC(=O)c2c(O)cc(OCC(=O)N3CCCC[C@H]3c3nc4ccccc4[nH]3)cc2O1. The molecule has 0 aliphatic carbocycles. The Kier molecular flexibility index (Phi) is 5.23. The number of rotatable bonds is 4. The Hall–Kier alpha value is -3.55. The van der Waals surface area contributed by atoms with Gasteiger partial charge in [-0.2, -0.15) is 0 Å². The molecule has 2 N–H and O–H groups in total. The summed E-state index contributed by atoms with van der Waals surface area (Å²) in [6, 6.07) is 10.6. The quantitative estimate of drug-likeness (QED) is 0.620. The van der Waals surface area contributed by atoms with Gasteiger partial charge in [-0.25, -0.2) is 4.98 Å². The lowest BCUT2D eigenvalue weighted by Gasteiger charge is -2.34. The second-order valence-corrected chi connectivity index (χ2v) is 9.30. The third kappa shape index (κ3) is 4.13. The fourth-order valence-electron chi connectivity index (χ4n) is 4.70. The highest BCUT2D eigenvalue weighted by molar-refractivity contribution is 6.03. The number of carbonyl (C=O) groups excluding carboxylic acids is 2. The first kappa shape index (κ1) is 21.3. The van der Waals surface area contributed by atoms with Crippen LogP contribution in [0.2, 0.25) is 0 Å². The lowest BCUT2D eigenvalue weighted by Crippen LogP contribution is -2.41. The third-order valence-corrected chi connectivity index (χ3v) is 6.22. The smallest absolute Gasteiger partial charge is 0.261 e. The lowest BCUT2D eigenvalue weighted by atomic mass is 9.92. The van der Waals surface area contributed by atoms with E-state index in [2.05, 4.69) is 4.98 Å². The standard InChI is InChI=1S/C25H27N3O5/c1-25(2)13-20(30)23-19(29)11-15(12-21(23)33-25)32-14-22(31)28-10-6-5-9-18(28)24-26-16-7-3-4-8-17(16)27-24/h3-4,7-8,11-12,18,29H,5-6,9-10,13-14H2,1-2H3,(H,26,27)/t18-/m0/s1. The molecule has 8 heteroatoms. The molecule has 1 fully saturated rings. The number of likely N-dealkylation sites (tertiary alicyclic amines) is 1. The molecule has 172 valence electrons. The van der Waals surface area contributed by atoms with Crippen molar-refractivity contribution in [2.45, 2.75) is 51.2 Å². The zero-order chi connectivity index (χ0) is 23.2. The average molecular weight is 450 g/mol. The molecular formula is C25H27N3O5. The topological polar surface area (TPSA) is 105 Å². The normalized spacial score (nSPS) is 19.8. The summed E-state index contributed by atoms with van der Waals surface area (Å²) < 4.78 is 11.6. The minimum atomic E-state index is -0.668. The molecule has 33 heavy (non-hydrogen) atoms. The molecule has 3 heterocycles. The minimum absolute atomic E-state index is 0.138.